The Kier molecular flexibility index (Phi) is 3.64. The summed E-state index contributed by atoms with van der Waals surface area (Å²) in [5.41, 5.74) is 1.07. The Balaban J connectivity index is 2.05. The highest BCUT2D eigenvalue weighted by molar-refractivity contribution is 5.70. The molecule has 92 valence electrons. The number of nitrogens with one attached hydrogen (secondary N) is 1. The summed E-state index contributed by atoms with van der Waals surface area (Å²) >= 11 is 0. The molecule has 2 rings (SSSR count). The fraction of sp³-hybridized carbons (Fsp3) is 0.462. The monoisotopic (exact) mass is 235 g/mol. The van der Waals surface area contributed by atoms with Crippen LogP contribution in [0, 0.1) is 11.8 Å². The first-order chi connectivity index (χ1) is 8.16. The molecule has 0 saturated carbocycles. The maximum atomic E-state index is 11.1. The second-order valence-electron chi connectivity index (χ2n) is 4.57. The van der Waals surface area contributed by atoms with Gasteiger partial charge in [0.05, 0.1) is 5.92 Å². The van der Waals surface area contributed by atoms with Gasteiger partial charge in [0, 0.05) is 0 Å². The normalized spacial score (nSPS) is 24.5. The third-order valence-corrected chi connectivity index (χ3v) is 3.36. The lowest BCUT2D eigenvalue weighted by Crippen LogP contribution is -2.41. The first-order valence-electron chi connectivity index (χ1n) is 5.88. The van der Waals surface area contributed by atoms with Crippen molar-refractivity contribution in [2.24, 2.45) is 11.8 Å². The molecule has 1 fully saturated rings. The zero-order valence-corrected chi connectivity index (χ0v) is 9.60. The molecule has 4 heteroatoms. The number of hydrogen-bond donors (Lipinski definition) is 3. The van der Waals surface area contributed by atoms with Gasteiger partial charge < -0.3 is 15.5 Å². The van der Waals surface area contributed by atoms with Crippen LogP contribution < -0.4 is 5.32 Å². The molecule has 2 atom stereocenters. The van der Waals surface area contributed by atoms with E-state index in [1.54, 1.807) is 12.1 Å². The number of hydrogen-bond acceptors (Lipinski definition) is 3. The summed E-state index contributed by atoms with van der Waals surface area (Å²) < 4.78 is 0. The molecule has 17 heavy (non-hydrogen) atoms. The van der Waals surface area contributed by atoms with Crippen LogP contribution in [0.25, 0.3) is 0 Å². The number of carbonyl (C=O) groups is 1. The fourth-order valence-corrected chi connectivity index (χ4v) is 2.40. The minimum Gasteiger partial charge on any atom is -0.508 e. The van der Waals surface area contributed by atoms with E-state index in [0.717, 1.165) is 25.1 Å². The molecule has 4 nitrogen and oxygen atoms in total. The molecule has 0 radical (unpaired) electrons. The first-order valence-corrected chi connectivity index (χ1v) is 5.88. The highest BCUT2D eigenvalue weighted by Gasteiger charge is 2.30. The summed E-state index contributed by atoms with van der Waals surface area (Å²) in [5.74, 6) is -0.587. The second-order valence-corrected chi connectivity index (χ2v) is 4.57. The largest absolute Gasteiger partial charge is 0.508 e. The van der Waals surface area contributed by atoms with Crippen molar-refractivity contribution in [2.45, 2.75) is 12.8 Å². The van der Waals surface area contributed by atoms with E-state index in [1.165, 1.54) is 0 Å². The molecule has 2 unspecified atom stereocenters. The van der Waals surface area contributed by atoms with Crippen molar-refractivity contribution in [3.8, 4) is 5.75 Å². The molecular formula is C13H17NO3. The van der Waals surface area contributed by atoms with E-state index in [0.29, 0.717) is 6.42 Å². The minimum absolute atomic E-state index is 0.130. The fourth-order valence-electron chi connectivity index (χ4n) is 2.40. The number of rotatable bonds is 3. The average Bonchev–Trinajstić information content (AvgIpc) is 2.32. The Labute approximate surface area is 100 Å². The zero-order chi connectivity index (χ0) is 12.3. The van der Waals surface area contributed by atoms with Gasteiger partial charge in [-0.15, -0.1) is 0 Å². The topological polar surface area (TPSA) is 69.6 Å². The summed E-state index contributed by atoms with van der Waals surface area (Å²) in [6.45, 7) is 1.53. The molecule has 0 aromatic heterocycles. The molecule has 0 bridgehead atoms. The van der Waals surface area contributed by atoms with Gasteiger partial charge in [0.15, 0.2) is 0 Å². The van der Waals surface area contributed by atoms with E-state index < -0.39 is 5.97 Å². The van der Waals surface area contributed by atoms with Crippen LogP contribution in [0.2, 0.25) is 0 Å². The quantitative estimate of drug-likeness (QED) is 0.737. The Morgan fingerprint density at radius 1 is 1.35 bits per heavy atom. The summed E-state index contributed by atoms with van der Waals surface area (Å²) in [4.78, 5) is 11.1. The Morgan fingerprint density at radius 2 is 2.06 bits per heavy atom. The van der Waals surface area contributed by atoms with Gasteiger partial charge >= 0.3 is 5.97 Å². The molecule has 0 aliphatic carbocycles. The van der Waals surface area contributed by atoms with Crippen LogP contribution in [0.1, 0.15) is 12.0 Å². The molecule has 1 aliphatic rings. The van der Waals surface area contributed by atoms with Crippen LogP contribution in [-0.2, 0) is 11.2 Å². The zero-order valence-electron chi connectivity index (χ0n) is 9.60. The van der Waals surface area contributed by atoms with Gasteiger partial charge in [0.1, 0.15) is 5.75 Å². The average molecular weight is 235 g/mol. The molecule has 1 saturated heterocycles. The lowest BCUT2D eigenvalue weighted by Gasteiger charge is -2.29. The van der Waals surface area contributed by atoms with E-state index in [1.807, 2.05) is 12.1 Å². The van der Waals surface area contributed by atoms with Crippen LogP contribution in [-0.4, -0.2) is 29.3 Å². The summed E-state index contributed by atoms with van der Waals surface area (Å²) in [6, 6.07) is 6.98. The molecule has 1 heterocycles. The number of aliphatic carboxylic acids is 1. The maximum absolute atomic E-state index is 11.1. The first kappa shape index (κ1) is 11.9. The number of carboxylic acids is 1. The summed E-state index contributed by atoms with van der Waals surface area (Å²) in [5, 5.41) is 21.6. The van der Waals surface area contributed by atoms with Crippen LogP contribution in [0.5, 0.6) is 5.75 Å². The SMILES string of the molecule is O=C(O)C1CCNCC1Cc1ccc(O)cc1. The van der Waals surface area contributed by atoms with Crippen molar-refractivity contribution in [3.63, 3.8) is 0 Å². The van der Waals surface area contributed by atoms with E-state index in [-0.39, 0.29) is 17.6 Å². The van der Waals surface area contributed by atoms with Crippen molar-refractivity contribution < 1.29 is 15.0 Å². The minimum atomic E-state index is -0.699. The molecule has 0 spiro atoms. The number of piperidine rings is 1. The van der Waals surface area contributed by atoms with Gasteiger partial charge in [-0.3, -0.25) is 4.79 Å². The molecule has 1 aliphatic heterocycles. The lowest BCUT2D eigenvalue weighted by atomic mass is 9.82. The van der Waals surface area contributed by atoms with Gasteiger partial charge in [0.25, 0.3) is 0 Å². The number of phenolic OH excluding ortho intramolecular Hbond substituents is 1. The molecule has 1 aromatic carbocycles. The van der Waals surface area contributed by atoms with E-state index in [2.05, 4.69) is 5.32 Å². The molecule has 3 N–H and O–H groups in total. The predicted octanol–water partition coefficient (Wildman–Crippen LogP) is 1.24. The summed E-state index contributed by atoms with van der Waals surface area (Å²) in [7, 11) is 0. The Bertz CT molecular complexity index is 388. The number of aromatic hydroxyl groups is 1. The summed E-state index contributed by atoms with van der Waals surface area (Å²) in [6.07, 6.45) is 1.43. The smallest absolute Gasteiger partial charge is 0.306 e. The van der Waals surface area contributed by atoms with Crippen molar-refractivity contribution in [1.29, 1.82) is 0 Å². The number of benzene rings is 1. The van der Waals surface area contributed by atoms with Crippen molar-refractivity contribution in [3.05, 3.63) is 29.8 Å². The van der Waals surface area contributed by atoms with Gasteiger partial charge in [-0.1, -0.05) is 12.1 Å². The Morgan fingerprint density at radius 3 is 2.71 bits per heavy atom. The van der Waals surface area contributed by atoms with Gasteiger partial charge in [-0.25, -0.2) is 0 Å². The highest BCUT2D eigenvalue weighted by atomic mass is 16.4. The lowest BCUT2D eigenvalue weighted by molar-refractivity contribution is -0.144. The number of phenols is 1. The second kappa shape index (κ2) is 5.19. The van der Waals surface area contributed by atoms with E-state index >= 15 is 0 Å². The highest BCUT2D eigenvalue weighted by Crippen LogP contribution is 2.24. The van der Waals surface area contributed by atoms with E-state index in [4.69, 9.17) is 5.11 Å². The van der Waals surface area contributed by atoms with Gasteiger partial charge in [0.2, 0.25) is 0 Å². The van der Waals surface area contributed by atoms with Gasteiger partial charge in [-0.05, 0) is 49.5 Å². The van der Waals surface area contributed by atoms with Gasteiger partial charge in [-0.2, -0.15) is 0 Å². The Hall–Kier alpha value is -1.55. The third kappa shape index (κ3) is 2.97. The standard InChI is InChI=1S/C13H17NO3/c15-11-3-1-9(2-4-11)7-10-8-14-6-5-12(10)13(16)17/h1-4,10,12,14-15H,5-8H2,(H,16,17). The number of carboxylic acid groups (broad SMARTS) is 1. The van der Waals surface area contributed by atoms with Crippen LogP contribution in [0.15, 0.2) is 24.3 Å². The van der Waals surface area contributed by atoms with Crippen LogP contribution >= 0.6 is 0 Å². The maximum Gasteiger partial charge on any atom is 0.306 e. The third-order valence-electron chi connectivity index (χ3n) is 3.36. The van der Waals surface area contributed by atoms with E-state index in [9.17, 15) is 9.90 Å². The predicted molar refractivity (Wildman–Crippen MR) is 63.9 cm³/mol. The van der Waals surface area contributed by atoms with Crippen molar-refractivity contribution in [2.75, 3.05) is 13.1 Å². The van der Waals surface area contributed by atoms with Crippen LogP contribution in [0.3, 0.4) is 0 Å². The molecule has 0 amide bonds. The van der Waals surface area contributed by atoms with Crippen molar-refractivity contribution >= 4 is 5.97 Å². The molecule has 1 aromatic rings. The van der Waals surface area contributed by atoms with Crippen molar-refractivity contribution in [1.82, 2.24) is 5.32 Å². The van der Waals surface area contributed by atoms with Crippen LogP contribution in [0.4, 0.5) is 0 Å². The molecular weight excluding hydrogens is 218 g/mol.